The molecule has 4 nitrogen and oxygen atoms in total. The zero-order chi connectivity index (χ0) is 10.8. The molecule has 1 aromatic heterocycles. The van der Waals surface area contributed by atoms with Crippen molar-refractivity contribution in [2.45, 2.75) is 6.54 Å². The number of carboxylic acids is 1. The van der Waals surface area contributed by atoms with Crippen LogP contribution < -0.4 is 0 Å². The van der Waals surface area contributed by atoms with Gasteiger partial charge in [-0.05, 0) is 12.1 Å². The Morgan fingerprint density at radius 3 is 2.87 bits per heavy atom. The lowest BCUT2D eigenvalue weighted by atomic mass is 10.2. The van der Waals surface area contributed by atoms with Gasteiger partial charge < -0.3 is 9.67 Å². The molecule has 1 heterocycles. The standard InChI is InChI=1S/C11H8N2O2/c12-5-6-13-9-4-2-1-3-8(9)7-10(13)11(14)15/h1-4,7H,6H2,(H,14,15). The molecule has 0 aliphatic heterocycles. The number of carbonyl (C=O) groups is 1. The van der Waals surface area contributed by atoms with E-state index in [-0.39, 0.29) is 12.2 Å². The molecule has 0 atom stereocenters. The molecule has 0 bridgehead atoms. The molecule has 4 heteroatoms. The van der Waals surface area contributed by atoms with Crippen LogP contribution in [0.4, 0.5) is 0 Å². The first-order valence-corrected chi connectivity index (χ1v) is 4.42. The minimum atomic E-state index is -1.01. The van der Waals surface area contributed by atoms with Crippen molar-refractivity contribution < 1.29 is 9.90 Å². The summed E-state index contributed by atoms with van der Waals surface area (Å²) in [4.78, 5) is 10.9. The molecule has 0 aliphatic carbocycles. The number of carboxylic acid groups (broad SMARTS) is 1. The van der Waals surface area contributed by atoms with E-state index in [0.717, 1.165) is 10.9 Å². The molecule has 15 heavy (non-hydrogen) atoms. The Labute approximate surface area is 86.0 Å². The number of hydrogen-bond acceptors (Lipinski definition) is 2. The molecule has 1 N–H and O–H groups in total. The van der Waals surface area contributed by atoms with Crippen molar-refractivity contribution >= 4 is 16.9 Å². The third kappa shape index (κ3) is 1.44. The van der Waals surface area contributed by atoms with Gasteiger partial charge in [0.2, 0.25) is 0 Å². The number of benzene rings is 1. The Balaban J connectivity index is 2.75. The number of nitriles is 1. The van der Waals surface area contributed by atoms with Crippen molar-refractivity contribution in [3.63, 3.8) is 0 Å². The van der Waals surface area contributed by atoms with Crippen LogP contribution in [0.2, 0.25) is 0 Å². The first kappa shape index (κ1) is 9.28. The third-order valence-electron chi connectivity index (χ3n) is 2.26. The van der Waals surface area contributed by atoms with Crippen molar-refractivity contribution in [3.8, 4) is 6.07 Å². The number of aromatic nitrogens is 1. The van der Waals surface area contributed by atoms with E-state index in [9.17, 15) is 4.79 Å². The van der Waals surface area contributed by atoms with Gasteiger partial charge in [0.15, 0.2) is 0 Å². The summed E-state index contributed by atoms with van der Waals surface area (Å²) in [6, 6.07) is 10.8. The third-order valence-corrected chi connectivity index (χ3v) is 2.26. The zero-order valence-corrected chi connectivity index (χ0v) is 7.84. The summed E-state index contributed by atoms with van der Waals surface area (Å²) < 4.78 is 1.50. The van der Waals surface area contributed by atoms with Crippen LogP contribution in [0, 0.1) is 11.3 Å². The van der Waals surface area contributed by atoms with Crippen molar-refractivity contribution in [3.05, 3.63) is 36.0 Å². The van der Waals surface area contributed by atoms with Crippen LogP contribution in [0.1, 0.15) is 10.5 Å². The monoisotopic (exact) mass is 200 g/mol. The number of aromatic carboxylic acids is 1. The molecule has 1 aromatic carbocycles. The number of para-hydroxylation sites is 1. The second kappa shape index (κ2) is 3.46. The highest BCUT2D eigenvalue weighted by molar-refractivity contribution is 5.94. The molecule has 0 amide bonds. The van der Waals surface area contributed by atoms with Crippen molar-refractivity contribution in [2.75, 3.05) is 0 Å². The summed E-state index contributed by atoms with van der Waals surface area (Å²) in [5.74, 6) is -1.01. The van der Waals surface area contributed by atoms with E-state index in [1.54, 1.807) is 12.1 Å². The Morgan fingerprint density at radius 1 is 1.47 bits per heavy atom. The van der Waals surface area contributed by atoms with Crippen molar-refractivity contribution in [1.82, 2.24) is 4.57 Å². The van der Waals surface area contributed by atoms with Crippen LogP contribution in [-0.2, 0) is 6.54 Å². The first-order valence-electron chi connectivity index (χ1n) is 4.42. The van der Waals surface area contributed by atoms with Gasteiger partial charge in [-0.3, -0.25) is 0 Å². The molecular weight excluding hydrogens is 192 g/mol. The van der Waals surface area contributed by atoms with Gasteiger partial charge in [0.1, 0.15) is 12.2 Å². The Kier molecular flexibility index (Phi) is 2.14. The number of fused-ring (bicyclic) bond motifs is 1. The van der Waals surface area contributed by atoms with E-state index < -0.39 is 5.97 Å². The molecule has 0 saturated carbocycles. The average Bonchev–Trinajstić information content (AvgIpc) is 2.58. The van der Waals surface area contributed by atoms with Gasteiger partial charge in [-0.1, -0.05) is 18.2 Å². The van der Waals surface area contributed by atoms with Gasteiger partial charge >= 0.3 is 5.97 Å². The fourth-order valence-corrected chi connectivity index (χ4v) is 1.63. The first-order chi connectivity index (χ1) is 7.24. The fourth-order valence-electron chi connectivity index (χ4n) is 1.63. The lowest BCUT2D eigenvalue weighted by molar-refractivity contribution is 0.0686. The van der Waals surface area contributed by atoms with E-state index in [1.807, 2.05) is 24.3 Å². The van der Waals surface area contributed by atoms with Gasteiger partial charge in [-0.15, -0.1) is 0 Å². The minimum Gasteiger partial charge on any atom is -0.477 e. The lowest BCUT2D eigenvalue weighted by Crippen LogP contribution is -2.07. The maximum Gasteiger partial charge on any atom is 0.352 e. The highest BCUT2D eigenvalue weighted by atomic mass is 16.4. The maximum atomic E-state index is 10.9. The highest BCUT2D eigenvalue weighted by Crippen LogP contribution is 2.19. The van der Waals surface area contributed by atoms with Crippen molar-refractivity contribution in [1.29, 1.82) is 5.26 Å². The second-order valence-corrected chi connectivity index (χ2v) is 3.14. The fraction of sp³-hybridized carbons (Fsp3) is 0.0909. The van der Waals surface area contributed by atoms with E-state index in [1.165, 1.54) is 4.57 Å². The molecule has 0 radical (unpaired) electrons. The molecular formula is C11H8N2O2. The topological polar surface area (TPSA) is 66.0 Å². The van der Waals surface area contributed by atoms with Crippen LogP contribution in [-0.4, -0.2) is 15.6 Å². The Hall–Kier alpha value is -2.28. The van der Waals surface area contributed by atoms with Crippen LogP contribution in [0.3, 0.4) is 0 Å². The maximum absolute atomic E-state index is 10.9. The van der Waals surface area contributed by atoms with Gasteiger partial charge in [-0.25, -0.2) is 4.79 Å². The van der Waals surface area contributed by atoms with Gasteiger partial charge in [-0.2, -0.15) is 5.26 Å². The second-order valence-electron chi connectivity index (χ2n) is 3.14. The number of rotatable bonds is 2. The van der Waals surface area contributed by atoms with Crippen LogP contribution in [0.15, 0.2) is 30.3 Å². The summed E-state index contributed by atoms with van der Waals surface area (Å²) in [7, 11) is 0. The van der Waals surface area contributed by atoms with E-state index in [2.05, 4.69) is 0 Å². The summed E-state index contributed by atoms with van der Waals surface area (Å²) in [5, 5.41) is 18.4. The minimum absolute atomic E-state index is 0.0507. The summed E-state index contributed by atoms with van der Waals surface area (Å²) in [6.45, 7) is 0.0507. The van der Waals surface area contributed by atoms with Gasteiger partial charge in [0, 0.05) is 10.9 Å². The highest BCUT2D eigenvalue weighted by Gasteiger charge is 2.13. The molecule has 0 saturated heterocycles. The largest absolute Gasteiger partial charge is 0.477 e. The van der Waals surface area contributed by atoms with Crippen molar-refractivity contribution in [2.24, 2.45) is 0 Å². The molecule has 74 valence electrons. The van der Waals surface area contributed by atoms with Crippen LogP contribution in [0.25, 0.3) is 10.9 Å². The predicted octanol–water partition coefficient (Wildman–Crippen LogP) is 1.86. The normalized spacial score (nSPS) is 10.1. The number of hydrogen-bond donors (Lipinski definition) is 1. The van der Waals surface area contributed by atoms with Crippen LogP contribution >= 0.6 is 0 Å². The summed E-state index contributed by atoms with van der Waals surface area (Å²) in [5.41, 5.74) is 0.925. The lowest BCUT2D eigenvalue weighted by Gasteiger charge is -2.01. The van der Waals surface area contributed by atoms with E-state index in [0.29, 0.717) is 0 Å². The smallest absolute Gasteiger partial charge is 0.352 e. The molecule has 2 aromatic rings. The molecule has 0 aliphatic rings. The summed E-state index contributed by atoms with van der Waals surface area (Å²) in [6.07, 6.45) is 0. The molecule has 0 spiro atoms. The number of nitrogens with zero attached hydrogens (tertiary/aromatic N) is 2. The Morgan fingerprint density at radius 2 is 2.20 bits per heavy atom. The van der Waals surface area contributed by atoms with Gasteiger partial charge in [0.25, 0.3) is 0 Å². The molecule has 0 unspecified atom stereocenters. The SMILES string of the molecule is N#CCn1c(C(=O)O)cc2ccccc21. The molecule has 0 fully saturated rings. The van der Waals surface area contributed by atoms with Gasteiger partial charge in [0.05, 0.1) is 6.07 Å². The predicted molar refractivity (Wildman–Crippen MR) is 54.5 cm³/mol. The quantitative estimate of drug-likeness (QED) is 0.804. The summed E-state index contributed by atoms with van der Waals surface area (Å²) >= 11 is 0. The average molecular weight is 200 g/mol. The molecule has 2 rings (SSSR count). The Bertz CT molecular complexity index is 563. The van der Waals surface area contributed by atoms with Crippen LogP contribution in [0.5, 0.6) is 0 Å². The van der Waals surface area contributed by atoms with E-state index in [4.69, 9.17) is 10.4 Å². The van der Waals surface area contributed by atoms with E-state index >= 15 is 0 Å². The zero-order valence-electron chi connectivity index (χ0n) is 7.84.